The smallest absolute Gasteiger partial charge is 0.251 e. The van der Waals surface area contributed by atoms with E-state index < -0.39 is 0 Å². The van der Waals surface area contributed by atoms with Gasteiger partial charge in [0.15, 0.2) is 0 Å². The molecule has 6 nitrogen and oxygen atoms in total. The van der Waals surface area contributed by atoms with Crippen molar-refractivity contribution in [2.45, 2.75) is 19.4 Å². The van der Waals surface area contributed by atoms with Crippen LogP contribution in [0.5, 0.6) is 0 Å². The summed E-state index contributed by atoms with van der Waals surface area (Å²) in [5.74, 6) is -1.03. The molecule has 1 aliphatic heterocycles. The van der Waals surface area contributed by atoms with Crippen LogP contribution in [0.1, 0.15) is 28.8 Å². The lowest BCUT2D eigenvalue weighted by Crippen LogP contribution is -2.31. The maximum Gasteiger partial charge on any atom is 0.251 e. The molecule has 1 N–H and O–H groups in total. The van der Waals surface area contributed by atoms with E-state index in [1.807, 2.05) is 24.3 Å². The van der Waals surface area contributed by atoms with Crippen molar-refractivity contribution in [1.82, 2.24) is 10.3 Å². The lowest BCUT2D eigenvalue weighted by Gasteiger charge is -2.15. The fourth-order valence-corrected chi connectivity index (χ4v) is 3.60. The number of anilines is 1. The predicted molar refractivity (Wildman–Crippen MR) is 99.7 cm³/mol. The van der Waals surface area contributed by atoms with Gasteiger partial charge in [0.05, 0.1) is 17.5 Å². The summed E-state index contributed by atoms with van der Waals surface area (Å²) < 4.78 is 0. The molecule has 0 radical (unpaired) electrons. The molecule has 0 bridgehead atoms. The van der Waals surface area contributed by atoms with Gasteiger partial charge < -0.3 is 5.32 Å². The Bertz CT molecular complexity index is 880. The quantitative estimate of drug-likeness (QED) is 0.670. The van der Waals surface area contributed by atoms with Gasteiger partial charge in [-0.05, 0) is 54.8 Å². The number of benzene rings is 1. The van der Waals surface area contributed by atoms with Crippen LogP contribution in [0.3, 0.4) is 0 Å². The summed E-state index contributed by atoms with van der Waals surface area (Å²) in [5.41, 5.74) is 1.95. The highest BCUT2D eigenvalue weighted by Crippen LogP contribution is 2.37. The molecule has 1 fully saturated rings. The Hall–Kier alpha value is -3.28. The molecule has 2 aromatic rings. The van der Waals surface area contributed by atoms with Gasteiger partial charge in [0.2, 0.25) is 11.8 Å². The minimum Gasteiger partial charge on any atom is -0.348 e. The van der Waals surface area contributed by atoms with E-state index in [0.29, 0.717) is 30.6 Å². The maximum absolute atomic E-state index is 12.6. The van der Waals surface area contributed by atoms with Crippen molar-refractivity contribution in [3.8, 4) is 0 Å². The first kappa shape index (κ1) is 17.1. The average molecular weight is 361 g/mol. The van der Waals surface area contributed by atoms with Crippen LogP contribution in [-0.2, 0) is 16.1 Å². The number of hydrogen-bond acceptors (Lipinski definition) is 4. The van der Waals surface area contributed by atoms with Crippen molar-refractivity contribution in [2.75, 3.05) is 4.90 Å². The van der Waals surface area contributed by atoms with Crippen molar-refractivity contribution < 1.29 is 14.4 Å². The second kappa shape index (κ2) is 7.15. The Kier molecular flexibility index (Phi) is 4.54. The molecule has 1 aromatic heterocycles. The second-order valence-electron chi connectivity index (χ2n) is 6.75. The molecule has 1 aromatic carbocycles. The van der Waals surface area contributed by atoms with E-state index in [2.05, 4.69) is 10.3 Å². The van der Waals surface area contributed by atoms with Crippen LogP contribution in [0.25, 0.3) is 0 Å². The number of fused-ring (bicyclic) bond motifs is 1. The Balaban J connectivity index is 1.45. The Morgan fingerprint density at radius 3 is 2.15 bits per heavy atom. The zero-order valence-corrected chi connectivity index (χ0v) is 14.7. The topological polar surface area (TPSA) is 79.4 Å². The summed E-state index contributed by atoms with van der Waals surface area (Å²) >= 11 is 0. The first-order valence-corrected chi connectivity index (χ1v) is 8.95. The SMILES string of the molecule is O=C(NCc1ccncc1)c1ccc(N2C(=O)C3CC=CCC3C2=O)cc1. The van der Waals surface area contributed by atoms with E-state index in [9.17, 15) is 14.4 Å². The fraction of sp³-hybridized carbons (Fsp3) is 0.238. The monoisotopic (exact) mass is 361 g/mol. The number of carbonyl (C=O) groups is 3. The van der Waals surface area contributed by atoms with Gasteiger partial charge in [-0.2, -0.15) is 0 Å². The zero-order valence-electron chi connectivity index (χ0n) is 14.7. The van der Waals surface area contributed by atoms with E-state index in [1.54, 1.807) is 36.7 Å². The van der Waals surface area contributed by atoms with Crippen LogP contribution in [-0.4, -0.2) is 22.7 Å². The van der Waals surface area contributed by atoms with Crippen LogP contribution in [0, 0.1) is 11.8 Å². The molecule has 136 valence electrons. The summed E-state index contributed by atoms with van der Waals surface area (Å²) in [4.78, 5) is 42.7. The molecule has 2 unspecified atom stereocenters. The number of hydrogen-bond donors (Lipinski definition) is 1. The minimum absolute atomic E-state index is 0.149. The van der Waals surface area contributed by atoms with Gasteiger partial charge in [0.1, 0.15) is 0 Å². The molecule has 1 aliphatic carbocycles. The van der Waals surface area contributed by atoms with Crippen LogP contribution >= 0.6 is 0 Å². The van der Waals surface area contributed by atoms with E-state index in [-0.39, 0.29) is 29.6 Å². The Labute approximate surface area is 156 Å². The number of imide groups is 1. The normalized spacial score (nSPS) is 21.3. The van der Waals surface area contributed by atoms with E-state index in [0.717, 1.165) is 5.56 Å². The Morgan fingerprint density at radius 2 is 1.56 bits per heavy atom. The summed E-state index contributed by atoms with van der Waals surface area (Å²) in [5, 5.41) is 2.84. The van der Waals surface area contributed by atoms with Crippen LogP contribution in [0.2, 0.25) is 0 Å². The number of nitrogens with zero attached hydrogens (tertiary/aromatic N) is 2. The van der Waals surface area contributed by atoms with Crippen molar-refractivity contribution in [3.05, 3.63) is 72.1 Å². The molecule has 0 spiro atoms. The van der Waals surface area contributed by atoms with Crippen molar-refractivity contribution in [2.24, 2.45) is 11.8 Å². The number of allylic oxidation sites excluding steroid dienone is 2. The fourth-order valence-electron chi connectivity index (χ4n) is 3.60. The van der Waals surface area contributed by atoms with Crippen LogP contribution < -0.4 is 10.2 Å². The third-order valence-corrected chi connectivity index (χ3v) is 5.10. The predicted octanol–water partition coefficient (Wildman–Crippen LogP) is 2.47. The molecule has 2 aliphatic rings. The van der Waals surface area contributed by atoms with Gasteiger partial charge in [0.25, 0.3) is 5.91 Å². The summed E-state index contributed by atoms with van der Waals surface area (Å²) in [7, 11) is 0. The molecule has 2 atom stereocenters. The Morgan fingerprint density at radius 1 is 0.963 bits per heavy atom. The minimum atomic E-state index is -0.258. The largest absolute Gasteiger partial charge is 0.348 e. The molecule has 27 heavy (non-hydrogen) atoms. The molecular weight excluding hydrogens is 342 g/mol. The number of carbonyl (C=O) groups excluding carboxylic acids is 3. The molecule has 0 saturated carbocycles. The summed E-state index contributed by atoms with van der Waals surface area (Å²) in [6.07, 6.45) is 8.50. The first-order valence-electron chi connectivity index (χ1n) is 8.95. The van der Waals surface area contributed by atoms with Gasteiger partial charge in [-0.3, -0.25) is 24.3 Å². The average Bonchev–Trinajstić information content (AvgIpc) is 2.98. The highest BCUT2D eigenvalue weighted by Gasteiger charge is 2.47. The van der Waals surface area contributed by atoms with Crippen LogP contribution in [0.15, 0.2) is 60.9 Å². The molecule has 6 heteroatoms. The summed E-state index contributed by atoms with van der Waals surface area (Å²) in [6.45, 7) is 0.405. The number of aromatic nitrogens is 1. The zero-order chi connectivity index (χ0) is 18.8. The second-order valence-corrected chi connectivity index (χ2v) is 6.75. The number of amides is 3. The molecule has 4 rings (SSSR count). The van der Waals surface area contributed by atoms with Gasteiger partial charge in [-0.15, -0.1) is 0 Å². The molecule has 1 saturated heterocycles. The van der Waals surface area contributed by atoms with Crippen LogP contribution in [0.4, 0.5) is 5.69 Å². The first-order chi connectivity index (χ1) is 13.1. The van der Waals surface area contributed by atoms with Gasteiger partial charge in [0, 0.05) is 24.5 Å². The molecule has 3 amide bonds. The van der Waals surface area contributed by atoms with Gasteiger partial charge in [-0.1, -0.05) is 12.2 Å². The maximum atomic E-state index is 12.6. The van der Waals surface area contributed by atoms with Gasteiger partial charge in [-0.25, -0.2) is 0 Å². The summed E-state index contributed by atoms with van der Waals surface area (Å²) in [6, 6.07) is 10.3. The van der Waals surface area contributed by atoms with Crippen molar-refractivity contribution >= 4 is 23.4 Å². The third-order valence-electron chi connectivity index (χ3n) is 5.10. The highest BCUT2D eigenvalue weighted by molar-refractivity contribution is 6.22. The van der Waals surface area contributed by atoms with Gasteiger partial charge >= 0.3 is 0 Å². The van der Waals surface area contributed by atoms with E-state index >= 15 is 0 Å². The highest BCUT2D eigenvalue weighted by atomic mass is 16.2. The third kappa shape index (κ3) is 3.26. The lowest BCUT2D eigenvalue weighted by molar-refractivity contribution is -0.122. The van der Waals surface area contributed by atoms with Crippen molar-refractivity contribution in [3.63, 3.8) is 0 Å². The van der Waals surface area contributed by atoms with Crippen molar-refractivity contribution in [1.29, 1.82) is 0 Å². The number of pyridine rings is 1. The van der Waals surface area contributed by atoms with E-state index in [4.69, 9.17) is 0 Å². The van der Waals surface area contributed by atoms with E-state index in [1.165, 1.54) is 4.90 Å². The molecular formula is C21H19N3O3. The number of rotatable bonds is 4. The number of nitrogens with one attached hydrogen (secondary N) is 1. The molecule has 2 heterocycles. The lowest BCUT2D eigenvalue weighted by atomic mass is 9.85. The standard InChI is InChI=1S/C21H19N3O3/c25-19(23-13-14-9-11-22-12-10-14)15-5-7-16(8-6-15)24-20(26)17-3-1-2-4-18(17)21(24)27/h1-2,5-12,17-18H,3-4,13H2,(H,23,25).